The van der Waals surface area contributed by atoms with Crippen LogP contribution in [0.3, 0.4) is 0 Å². The minimum absolute atomic E-state index is 0.0651. The molecule has 0 spiro atoms. The predicted molar refractivity (Wildman–Crippen MR) is 47.7 cm³/mol. The Labute approximate surface area is 73.4 Å². The van der Waals surface area contributed by atoms with Crippen molar-refractivity contribution in [1.29, 1.82) is 0 Å². The third-order valence-electron chi connectivity index (χ3n) is 1.82. The molecule has 1 rings (SSSR count). The van der Waals surface area contributed by atoms with E-state index < -0.39 is 0 Å². The highest BCUT2D eigenvalue weighted by Gasteiger charge is 2.17. The van der Waals surface area contributed by atoms with Gasteiger partial charge in [-0.3, -0.25) is 0 Å². The summed E-state index contributed by atoms with van der Waals surface area (Å²) in [5.74, 6) is 1.44. The molecular formula is C9H15ClO. The summed E-state index contributed by atoms with van der Waals surface area (Å²) >= 11 is 6.10. The van der Waals surface area contributed by atoms with Crippen LogP contribution in [0, 0.1) is 5.92 Å². The SMILES string of the molecule is CC(C)C(Cl)C1=CCCCO1. The van der Waals surface area contributed by atoms with Crippen LogP contribution >= 0.6 is 11.6 Å². The van der Waals surface area contributed by atoms with Crippen molar-refractivity contribution in [2.75, 3.05) is 6.61 Å². The van der Waals surface area contributed by atoms with Crippen LogP contribution in [0.2, 0.25) is 0 Å². The lowest BCUT2D eigenvalue weighted by molar-refractivity contribution is 0.179. The van der Waals surface area contributed by atoms with E-state index in [9.17, 15) is 0 Å². The fraction of sp³-hybridized carbons (Fsp3) is 0.778. The zero-order valence-electron chi connectivity index (χ0n) is 7.14. The van der Waals surface area contributed by atoms with Crippen LogP contribution in [0.1, 0.15) is 26.7 Å². The van der Waals surface area contributed by atoms with Gasteiger partial charge < -0.3 is 4.74 Å². The highest BCUT2D eigenvalue weighted by atomic mass is 35.5. The smallest absolute Gasteiger partial charge is 0.110 e. The molecule has 1 atom stereocenters. The third-order valence-corrected chi connectivity index (χ3v) is 2.54. The first-order chi connectivity index (χ1) is 5.22. The van der Waals surface area contributed by atoms with Gasteiger partial charge in [-0.05, 0) is 24.8 Å². The summed E-state index contributed by atoms with van der Waals surface area (Å²) in [6.45, 7) is 5.05. The second kappa shape index (κ2) is 4.01. The molecule has 0 aromatic heterocycles. The van der Waals surface area contributed by atoms with Gasteiger partial charge in [0.05, 0.1) is 12.0 Å². The highest BCUT2D eigenvalue weighted by molar-refractivity contribution is 6.22. The van der Waals surface area contributed by atoms with Crippen molar-refractivity contribution in [3.05, 3.63) is 11.8 Å². The predicted octanol–water partition coefficient (Wildman–Crippen LogP) is 2.94. The Morgan fingerprint density at radius 2 is 2.27 bits per heavy atom. The van der Waals surface area contributed by atoms with Gasteiger partial charge in [-0.1, -0.05) is 13.8 Å². The van der Waals surface area contributed by atoms with Gasteiger partial charge in [0, 0.05) is 0 Å². The molecule has 1 aliphatic heterocycles. The Balaban J connectivity index is 2.51. The van der Waals surface area contributed by atoms with Crippen LogP contribution in [0.15, 0.2) is 11.8 Å². The van der Waals surface area contributed by atoms with E-state index in [0.717, 1.165) is 25.2 Å². The van der Waals surface area contributed by atoms with Gasteiger partial charge in [0.1, 0.15) is 5.76 Å². The maximum absolute atomic E-state index is 6.10. The van der Waals surface area contributed by atoms with E-state index >= 15 is 0 Å². The second-order valence-corrected chi connectivity index (χ2v) is 3.71. The molecule has 1 heterocycles. The second-order valence-electron chi connectivity index (χ2n) is 3.24. The zero-order chi connectivity index (χ0) is 8.27. The molecule has 0 amide bonds. The van der Waals surface area contributed by atoms with Gasteiger partial charge in [0.25, 0.3) is 0 Å². The topological polar surface area (TPSA) is 9.23 Å². The average Bonchev–Trinajstić information content (AvgIpc) is 2.05. The number of hydrogen-bond acceptors (Lipinski definition) is 1. The molecule has 0 bridgehead atoms. The van der Waals surface area contributed by atoms with E-state index in [2.05, 4.69) is 19.9 Å². The van der Waals surface area contributed by atoms with Crippen molar-refractivity contribution in [2.45, 2.75) is 32.1 Å². The first-order valence-corrected chi connectivity index (χ1v) is 4.62. The molecule has 1 aliphatic rings. The fourth-order valence-corrected chi connectivity index (χ4v) is 1.25. The maximum atomic E-state index is 6.10. The number of alkyl halides is 1. The summed E-state index contributed by atoms with van der Waals surface area (Å²) in [5.41, 5.74) is 0. The summed E-state index contributed by atoms with van der Waals surface area (Å²) in [6.07, 6.45) is 4.36. The standard InChI is InChI=1S/C9H15ClO/c1-7(2)9(10)8-5-3-4-6-11-8/h5,7,9H,3-4,6H2,1-2H3. The van der Waals surface area contributed by atoms with Crippen LogP contribution in [0.5, 0.6) is 0 Å². The molecule has 0 radical (unpaired) electrons. The maximum Gasteiger partial charge on any atom is 0.110 e. The van der Waals surface area contributed by atoms with Crippen molar-refractivity contribution in [1.82, 2.24) is 0 Å². The molecule has 11 heavy (non-hydrogen) atoms. The van der Waals surface area contributed by atoms with Crippen LogP contribution in [0.25, 0.3) is 0 Å². The molecule has 1 nitrogen and oxygen atoms in total. The van der Waals surface area contributed by atoms with Gasteiger partial charge in [-0.15, -0.1) is 11.6 Å². The number of ether oxygens (including phenoxy) is 1. The molecule has 0 fully saturated rings. The van der Waals surface area contributed by atoms with E-state index in [-0.39, 0.29) is 5.38 Å². The summed E-state index contributed by atoms with van der Waals surface area (Å²) in [6, 6.07) is 0. The van der Waals surface area contributed by atoms with E-state index in [1.165, 1.54) is 0 Å². The van der Waals surface area contributed by atoms with E-state index in [4.69, 9.17) is 16.3 Å². The molecule has 64 valence electrons. The van der Waals surface area contributed by atoms with Crippen LogP contribution < -0.4 is 0 Å². The lowest BCUT2D eigenvalue weighted by atomic mass is 10.1. The zero-order valence-corrected chi connectivity index (χ0v) is 7.90. The molecule has 1 unspecified atom stereocenters. The first-order valence-electron chi connectivity index (χ1n) is 4.18. The molecular weight excluding hydrogens is 160 g/mol. The normalized spacial score (nSPS) is 20.9. The van der Waals surface area contributed by atoms with Gasteiger partial charge in [-0.2, -0.15) is 0 Å². The molecule has 0 aliphatic carbocycles. The van der Waals surface area contributed by atoms with Gasteiger partial charge in [0.2, 0.25) is 0 Å². The Bertz CT molecular complexity index is 152. The molecule has 0 N–H and O–H groups in total. The van der Waals surface area contributed by atoms with Crippen LogP contribution in [-0.2, 0) is 4.74 Å². The number of halogens is 1. The van der Waals surface area contributed by atoms with Gasteiger partial charge in [0.15, 0.2) is 0 Å². The van der Waals surface area contributed by atoms with Crippen molar-refractivity contribution in [2.24, 2.45) is 5.92 Å². The summed E-state index contributed by atoms with van der Waals surface area (Å²) in [7, 11) is 0. The lowest BCUT2D eigenvalue weighted by Crippen LogP contribution is -2.16. The van der Waals surface area contributed by atoms with Crippen molar-refractivity contribution < 1.29 is 4.74 Å². The summed E-state index contributed by atoms with van der Waals surface area (Å²) in [4.78, 5) is 0. The number of allylic oxidation sites excluding steroid dienone is 2. The van der Waals surface area contributed by atoms with E-state index in [1.807, 2.05) is 0 Å². The van der Waals surface area contributed by atoms with Gasteiger partial charge in [-0.25, -0.2) is 0 Å². The van der Waals surface area contributed by atoms with Crippen LogP contribution in [-0.4, -0.2) is 12.0 Å². The molecule has 0 aromatic rings. The van der Waals surface area contributed by atoms with Crippen molar-refractivity contribution in [3.8, 4) is 0 Å². The van der Waals surface area contributed by atoms with Gasteiger partial charge >= 0.3 is 0 Å². The van der Waals surface area contributed by atoms with Crippen molar-refractivity contribution >= 4 is 11.6 Å². The first kappa shape index (κ1) is 8.92. The monoisotopic (exact) mass is 174 g/mol. The summed E-state index contributed by atoms with van der Waals surface area (Å²) < 4.78 is 5.43. The Kier molecular flexibility index (Phi) is 3.25. The van der Waals surface area contributed by atoms with Crippen molar-refractivity contribution in [3.63, 3.8) is 0 Å². The molecule has 0 aromatic carbocycles. The largest absolute Gasteiger partial charge is 0.497 e. The number of hydrogen-bond donors (Lipinski definition) is 0. The lowest BCUT2D eigenvalue weighted by Gasteiger charge is -2.21. The number of rotatable bonds is 2. The molecule has 2 heteroatoms. The fourth-order valence-electron chi connectivity index (χ4n) is 1.10. The molecule has 0 saturated heterocycles. The minimum Gasteiger partial charge on any atom is -0.497 e. The Morgan fingerprint density at radius 1 is 1.55 bits per heavy atom. The third kappa shape index (κ3) is 2.41. The van der Waals surface area contributed by atoms with E-state index in [0.29, 0.717) is 5.92 Å². The molecule has 0 saturated carbocycles. The Morgan fingerprint density at radius 3 is 2.73 bits per heavy atom. The van der Waals surface area contributed by atoms with Crippen LogP contribution in [0.4, 0.5) is 0 Å². The summed E-state index contributed by atoms with van der Waals surface area (Å²) in [5, 5.41) is 0.0651. The van der Waals surface area contributed by atoms with E-state index in [1.54, 1.807) is 0 Å². The highest BCUT2D eigenvalue weighted by Crippen LogP contribution is 2.23. The Hall–Kier alpha value is -0.170. The average molecular weight is 175 g/mol. The minimum atomic E-state index is 0.0651. The quantitative estimate of drug-likeness (QED) is 0.585.